The molecule has 0 unspecified atom stereocenters. The van der Waals surface area contributed by atoms with Gasteiger partial charge in [0.05, 0.1) is 31.1 Å². The summed E-state index contributed by atoms with van der Waals surface area (Å²) in [6.45, 7) is 4.81. The Morgan fingerprint density at radius 1 is 1.03 bits per heavy atom. The van der Waals surface area contributed by atoms with E-state index in [9.17, 15) is 0 Å². The highest BCUT2D eigenvalue weighted by Gasteiger charge is 2.11. The number of rotatable bonds is 9. The molecule has 0 fully saturated rings. The zero-order valence-corrected chi connectivity index (χ0v) is 24.1. The highest BCUT2D eigenvalue weighted by atomic mass is 79.9. The van der Waals surface area contributed by atoms with Crippen LogP contribution >= 0.6 is 31.9 Å². The lowest BCUT2D eigenvalue weighted by Crippen LogP contribution is -2.20. The van der Waals surface area contributed by atoms with E-state index in [2.05, 4.69) is 49.3 Å². The van der Waals surface area contributed by atoms with E-state index in [0.29, 0.717) is 23.9 Å². The number of benzene rings is 3. The highest BCUT2D eigenvalue weighted by molar-refractivity contribution is 9.11. The van der Waals surface area contributed by atoms with Gasteiger partial charge in [-0.3, -0.25) is 5.43 Å². The van der Waals surface area contributed by atoms with Gasteiger partial charge in [0, 0.05) is 14.3 Å². The summed E-state index contributed by atoms with van der Waals surface area (Å²) in [5, 5.41) is 5.54. The number of unbranched alkanes of at least 4 members (excludes halogenated alkanes) is 1. The highest BCUT2D eigenvalue weighted by Crippen LogP contribution is 2.33. The lowest BCUT2D eigenvalue weighted by molar-refractivity contribution is 0.288. The molecule has 0 bridgehead atoms. The van der Waals surface area contributed by atoms with Crippen LogP contribution in [0.5, 0.6) is 11.5 Å². The Hall–Kier alpha value is -3.23. The van der Waals surface area contributed by atoms with Gasteiger partial charge in [0.1, 0.15) is 5.69 Å². The lowest BCUT2D eigenvalue weighted by atomic mass is 10.2. The van der Waals surface area contributed by atoms with E-state index in [1.54, 1.807) is 13.3 Å². The number of fused-ring (bicyclic) bond motifs is 1. The fraction of sp³-hybridized carbons (Fsp3) is 0.207. The van der Waals surface area contributed by atoms with Crippen molar-refractivity contribution in [2.24, 2.45) is 10.1 Å². The molecular weight excluding hydrogens is 596 g/mol. The van der Waals surface area contributed by atoms with Crippen molar-refractivity contribution in [2.45, 2.75) is 26.7 Å². The first kappa shape index (κ1) is 26.8. The Morgan fingerprint density at radius 2 is 1.86 bits per heavy atom. The fourth-order valence-electron chi connectivity index (χ4n) is 3.66. The second-order valence-electron chi connectivity index (χ2n) is 8.39. The van der Waals surface area contributed by atoms with Gasteiger partial charge in [-0.25, -0.2) is 9.98 Å². The Labute approximate surface area is 234 Å². The lowest BCUT2D eigenvalue weighted by Gasteiger charge is -2.11. The van der Waals surface area contributed by atoms with Crippen LogP contribution in [0.1, 0.15) is 36.6 Å². The van der Waals surface area contributed by atoms with Crippen LogP contribution in [0.2, 0.25) is 0 Å². The maximum absolute atomic E-state index is 5.84. The zero-order chi connectivity index (χ0) is 26.2. The van der Waals surface area contributed by atoms with Crippen molar-refractivity contribution < 1.29 is 9.47 Å². The van der Waals surface area contributed by atoms with E-state index < -0.39 is 0 Å². The smallest absolute Gasteiger partial charge is 0.173 e. The largest absolute Gasteiger partial charge is 0.493 e. The van der Waals surface area contributed by atoms with Crippen LogP contribution in [0, 0.1) is 6.92 Å². The number of hydrogen-bond acceptors (Lipinski definition) is 5. The minimum absolute atomic E-state index is 0.527. The maximum atomic E-state index is 5.84. The number of pyridine rings is 1. The van der Waals surface area contributed by atoms with Crippen LogP contribution < -0.4 is 14.9 Å². The Morgan fingerprint density at radius 3 is 2.65 bits per heavy atom. The molecule has 190 valence electrons. The molecule has 0 saturated carbocycles. The number of nitrogens with one attached hydrogen (secondary N) is 1. The molecule has 0 aliphatic heterocycles. The summed E-state index contributed by atoms with van der Waals surface area (Å²) in [6, 6.07) is 21.7. The van der Waals surface area contributed by atoms with Crippen molar-refractivity contribution in [3.8, 4) is 11.5 Å². The van der Waals surface area contributed by atoms with Gasteiger partial charge >= 0.3 is 0 Å². The van der Waals surface area contributed by atoms with Crippen molar-refractivity contribution in [1.82, 2.24) is 10.4 Å². The first-order valence-electron chi connectivity index (χ1n) is 12.0. The summed E-state index contributed by atoms with van der Waals surface area (Å²) in [7, 11) is 1.63. The monoisotopic (exact) mass is 622 g/mol. The number of amidine groups is 1. The molecule has 1 N–H and O–H groups in total. The second-order valence-corrected chi connectivity index (χ2v) is 10.2. The summed E-state index contributed by atoms with van der Waals surface area (Å²) in [5.41, 5.74) is 7.34. The maximum Gasteiger partial charge on any atom is 0.173 e. The average Bonchev–Trinajstić information content (AvgIpc) is 2.90. The van der Waals surface area contributed by atoms with Gasteiger partial charge in [-0.05, 0) is 82.9 Å². The molecule has 8 heteroatoms. The minimum Gasteiger partial charge on any atom is -0.493 e. The average molecular weight is 624 g/mol. The third-order valence-electron chi connectivity index (χ3n) is 5.61. The number of hydrogen-bond donors (Lipinski definition) is 1. The van der Waals surface area contributed by atoms with Crippen molar-refractivity contribution in [1.29, 1.82) is 0 Å². The van der Waals surface area contributed by atoms with Gasteiger partial charge in [0.2, 0.25) is 0 Å². The third-order valence-corrected chi connectivity index (χ3v) is 6.67. The van der Waals surface area contributed by atoms with Crippen LogP contribution in [0.4, 0.5) is 5.69 Å². The van der Waals surface area contributed by atoms with Crippen LogP contribution in [-0.4, -0.2) is 30.8 Å². The second kappa shape index (κ2) is 12.8. The van der Waals surface area contributed by atoms with Crippen LogP contribution in [-0.2, 0) is 0 Å². The Bertz CT molecular complexity index is 1430. The number of methoxy groups -OCH3 is 1. The minimum atomic E-state index is 0.527. The molecular formula is C29H28Br2N4O2. The Balaban J connectivity index is 1.65. The summed E-state index contributed by atoms with van der Waals surface area (Å²) in [4.78, 5) is 9.73. The molecule has 0 saturated heterocycles. The molecule has 37 heavy (non-hydrogen) atoms. The predicted octanol–water partition coefficient (Wildman–Crippen LogP) is 7.96. The van der Waals surface area contributed by atoms with Gasteiger partial charge in [0.25, 0.3) is 0 Å². The molecule has 0 spiro atoms. The molecule has 0 atom stereocenters. The normalized spacial score (nSPS) is 11.8. The quantitative estimate of drug-likeness (QED) is 0.0889. The number of ether oxygens (including phenoxy) is 2. The van der Waals surface area contributed by atoms with E-state index in [4.69, 9.17) is 19.5 Å². The summed E-state index contributed by atoms with van der Waals surface area (Å²) in [6.07, 6.45) is 3.79. The molecule has 4 rings (SSSR count). The van der Waals surface area contributed by atoms with Gasteiger partial charge in [-0.15, -0.1) is 0 Å². The number of aromatic nitrogens is 1. The van der Waals surface area contributed by atoms with Crippen molar-refractivity contribution >= 4 is 60.5 Å². The van der Waals surface area contributed by atoms with E-state index in [1.165, 1.54) is 0 Å². The summed E-state index contributed by atoms with van der Waals surface area (Å²) in [5.74, 6) is 1.92. The van der Waals surface area contributed by atoms with Gasteiger partial charge in [-0.2, -0.15) is 5.10 Å². The van der Waals surface area contributed by atoms with Crippen molar-refractivity contribution in [3.05, 3.63) is 92.5 Å². The van der Waals surface area contributed by atoms with E-state index in [1.807, 2.05) is 73.7 Å². The van der Waals surface area contributed by atoms with E-state index in [0.717, 1.165) is 55.3 Å². The van der Waals surface area contributed by atoms with Gasteiger partial charge in [-0.1, -0.05) is 53.5 Å². The first-order valence-corrected chi connectivity index (χ1v) is 13.6. The SMILES string of the molecule is CCCCOc1ccc(/C=N/NC(=Nc2c(C)cc(Br)cc2Br)c2ccc3ccccc3n2)cc1OC. The summed E-state index contributed by atoms with van der Waals surface area (Å²) < 4.78 is 13.2. The number of para-hydroxylation sites is 1. The van der Waals surface area contributed by atoms with Crippen LogP contribution in [0.15, 0.2) is 85.8 Å². The molecule has 6 nitrogen and oxygen atoms in total. The topological polar surface area (TPSA) is 68.1 Å². The van der Waals surface area contributed by atoms with Gasteiger partial charge in [0.15, 0.2) is 17.3 Å². The number of aliphatic imine (C=N–C) groups is 1. The molecule has 0 amide bonds. The fourth-order valence-corrected chi connectivity index (χ4v) is 5.19. The Kier molecular flexibility index (Phi) is 9.30. The predicted molar refractivity (Wildman–Crippen MR) is 159 cm³/mol. The molecule has 4 aromatic rings. The standard InChI is InChI=1S/C29H28Br2N4O2/c1-4-5-14-37-26-13-10-20(16-27(26)36-3)18-32-35-29(34-28-19(2)15-22(30)17-23(28)31)25-12-11-21-8-6-7-9-24(21)33-25/h6-13,15-18H,4-5,14H2,1-3H3,(H,34,35)/b32-18+. The van der Waals surface area contributed by atoms with Gasteiger partial charge < -0.3 is 9.47 Å². The zero-order valence-electron chi connectivity index (χ0n) is 21.0. The molecule has 1 aromatic heterocycles. The molecule has 1 heterocycles. The van der Waals surface area contributed by atoms with Crippen LogP contribution in [0.3, 0.4) is 0 Å². The first-order chi connectivity index (χ1) is 18.0. The van der Waals surface area contributed by atoms with E-state index in [-0.39, 0.29) is 0 Å². The van der Waals surface area contributed by atoms with Crippen molar-refractivity contribution in [2.75, 3.05) is 13.7 Å². The van der Waals surface area contributed by atoms with E-state index >= 15 is 0 Å². The molecule has 3 aromatic carbocycles. The van der Waals surface area contributed by atoms with Crippen LogP contribution in [0.25, 0.3) is 10.9 Å². The summed E-state index contributed by atoms with van der Waals surface area (Å²) >= 11 is 7.18. The number of halogens is 2. The number of hydrazone groups is 1. The third kappa shape index (κ3) is 6.96. The number of nitrogens with zero attached hydrogens (tertiary/aromatic N) is 3. The number of aryl methyl sites for hydroxylation is 1. The molecule has 0 radical (unpaired) electrons. The molecule has 0 aliphatic carbocycles. The molecule has 0 aliphatic rings. The van der Waals surface area contributed by atoms with Crippen molar-refractivity contribution in [3.63, 3.8) is 0 Å².